The highest BCUT2D eigenvalue weighted by atomic mass is 32.1. The maximum atomic E-state index is 13.3. The van der Waals surface area contributed by atoms with Crippen molar-refractivity contribution in [2.75, 3.05) is 6.61 Å². The fraction of sp³-hybridized carbons (Fsp3) is 0.125. The van der Waals surface area contributed by atoms with Gasteiger partial charge in [0.1, 0.15) is 11.4 Å². The smallest absolute Gasteiger partial charge is 0.291 e. The maximum absolute atomic E-state index is 13.3. The molecule has 6 aromatic rings. The minimum Gasteiger partial charge on any atom is -0.493 e. The predicted molar refractivity (Wildman–Crippen MR) is 161 cm³/mol. The van der Waals surface area contributed by atoms with Crippen molar-refractivity contribution in [2.45, 2.75) is 20.3 Å². The van der Waals surface area contributed by atoms with Gasteiger partial charge in [-0.25, -0.2) is 4.68 Å². The Hall–Kier alpha value is -4.82. The molecule has 0 N–H and O–H groups in total. The van der Waals surface area contributed by atoms with E-state index in [9.17, 15) is 4.79 Å². The van der Waals surface area contributed by atoms with Gasteiger partial charge < -0.3 is 4.74 Å². The van der Waals surface area contributed by atoms with E-state index in [4.69, 9.17) is 9.84 Å². The van der Waals surface area contributed by atoms with Crippen molar-refractivity contribution in [2.24, 2.45) is 0 Å². The molecule has 0 saturated carbocycles. The average molecular weight is 546 g/mol. The van der Waals surface area contributed by atoms with E-state index in [1.54, 1.807) is 0 Å². The van der Waals surface area contributed by atoms with Gasteiger partial charge in [-0.3, -0.25) is 4.79 Å². The molecule has 0 aliphatic carbocycles. The van der Waals surface area contributed by atoms with Gasteiger partial charge in [0.15, 0.2) is 5.82 Å². The van der Waals surface area contributed by atoms with Gasteiger partial charge in [0, 0.05) is 17.3 Å². The van der Waals surface area contributed by atoms with Crippen molar-refractivity contribution in [1.29, 1.82) is 0 Å². The second-order valence-corrected chi connectivity index (χ2v) is 10.4. The number of ether oxygens (including phenoxy) is 1. The van der Waals surface area contributed by atoms with Gasteiger partial charge in [0.05, 0.1) is 16.8 Å². The number of benzene rings is 3. The summed E-state index contributed by atoms with van der Waals surface area (Å²) in [5.41, 5.74) is 5.36. The summed E-state index contributed by atoms with van der Waals surface area (Å²) < 4.78 is 9.63. The summed E-state index contributed by atoms with van der Waals surface area (Å²) in [5.74, 6) is 1.36. The number of fused-ring (bicyclic) bond motifs is 1. The third-order valence-corrected chi connectivity index (χ3v) is 7.34. The molecule has 40 heavy (non-hydrogen) atoms. The molecule has 0 spiro atoms. The van der Waals surface area contributed by atoms with E-state index in [1.165, 1.54) is 15.9 Å². The molecule has 3 aromatic carbocycles. The normalized spacial score (nSPS) is 12.1. The second-order valence-electron chi connectivity index (χ2n) is 9.37. The Balaban J connectivity index is 1.41. The molecular formula is C32H27N5O2S. The van der Waals surface area contributed by atoms with E-state index in [0.29, 0.717) is 21.9 Å². The van der Waals surface area contributed by atoms with Crippen LogP contribution < -0.4 is 14.8 Å². The molecule has 198 valence electrons. The monoisotopic (exact) mass is 545 g/mol. The molecule has 0 amide bonds. The third kappa shape index (κ3) is 5.21. The van der Waals surface area contributed by atoms with Crippen molar-refractivity contribution >= 4 is 34.5 Å². The molecular weight excluding hydrogens is 518 g/mol. The van der Waals surface area contributed by atoms with Crippen LogP contribution >= 0.6 is 11.3 Å². The first-order valence-electron chi connectivity index (χ1n) is 13.1. The number of thiazole rings is 1. The van der Waals surface area contributed by atoms with Crippen molar-refractivity contribution < 1.29 is 4.74 Å². The topological polar surface area (TPSA) is 74.3 Å². The van der Waals surface area contributed by atoms with Crippen LogP contribution in [0, 0.1) is 6.92 Å². The van der Waals surface area contributed by atoms with Gasteiger partial charge in [-0.05, 0) is 67.0 Å². The highest BCUT2D eigenvalue weighted by molar-refractivity contribution is 7.15. The molecule has 3 aromatic heterocycles. The van der Waals surface area contributed by atoms with E-state index in [-0.39, 0.29) is 5.56 Å². The number of para-hydroxylation sites is 1. The largest absolute Gasteiger partial charge is 0.493 e. The Kier molecular flexibility index (Phi) is 7.08. The zero-order valence-electron chi connectivity index (χ0n) is 22.2. The van der Waals surface area contributed by atoms with E-state index in [0.717, 1.165) is 45.8 Å². The van der Waals surface area contributed by atoms with Gasteiger partial charge in [-0.1, -0.05) is 72.9 Å². The number of hydrogen-bond acceptors (Lipinski definition) is 6. The van der Waals surface area contributed by atoms with Crippen LogP contribution in [0.5, 0.6) is 5.75 Å². The van der Waals surface area contributed by atoms with E-state index in [2.05, 4.69) is 23.1 Å². The summed E-state index contributed by atoms with van der Waals surface area (Å²) in [6.07, 6.45) is 8.52. The number of aromatic nitrogens is 5. The first-order valence-corrected chi connectivity index (χ1v) is 13.9. The molecule has 0 fully saturated rings. The van der Waals surface area contributed by atoms with E-state index in [1.807, 2.05) is 109 Å². The van der Waals surface area contributed by atoms with Crippen LogP contribution in [0.3, 0.4) is 0 Å². The number of aryl methyl sites for hydroxylation is 1. The quantitative estimate of drug-likeness (QED) is 0.241. The SMILES string of the molecule is CCCOc1ccc(-c2nn(-c3ccccc3)cc2/C=c2\sc3nc(/C=C/c4ccccc4)nn3c2=O)cc1C. The minimum atomic E-state index is -0.204. The maximum Gasteiger partial charge on any atom is 0.291 e. The number of rotatable bonds is 8. The van der Waals surface area contributed by atoms with Crippen LogP contribution in [-0.2, 0) is 0 Å². The molecule has 0 saturated heterocycles. The molecule has 3 heterocycles. The lowest BCUT2D eigenvalue weighted by molar-refractivity contribution is 0.315. The van der Waals surface area contributed by atoms with Gasteiger partial charge in [-0.2, -0.15) is 14.6 Å². The van der Waals surface area contributed by atoms with Gasteiger partial charge in [0.2, 0.25) is 4.96 Å². The number of nitrogens with zero attached hydrogens (tertiary/aromatic N) is 5. The van der Waals surface area contributed by atoms with Crippen LogP contribution in [0.4, 0.5) is 0 Å². The fourth-order valence-corrected chi connectivity index (χ4v) is 5.30. The molecule has 8 heteroatoms. The predicted octanol–water partition coefficient (Wildman–Crippen LogP) is 5.82. The zero-order valence-corrected chi connectivity index (χ0v) is 23.0. The average Bonchev–Trinajstić information content (AvgIpc) is 3.67. The second kappa shape index (κ2) is 11.1. The van der Waals surface area contributed by atoms with Crippen molar-refractivity contribution in [3.8, 4) is 22.7 Å². The van der Waals surface area contributed by atoms with Gasteiger partial charge >= 0.3 is 0 Å². The minimum absolute atomic E-state index is 0.204. The van der Waals surface area contributed by atoms with Gasteiger partial charge in [0.25, 0.3) is 5.56 Å². The Labute approximate surface area is 235 Å². The lowest BCUT2D eigenvalue weighted by Crippen LogP contribution is -2.23. The Morgan fingerprint density at radius 1 is 0.950 bits per heavy atom. The Morgan fingerprint density at radius 3 is 2.45 bits per heavy atom. The highest BCUT2D eigenvalue weighted by Gasteiger charge is 2.15. The standard InChI is InChI=1S/C32H27N5O2S/c1-3-18-39-27-16-15-24(19-22(27)2)30-25(21-36(35-30)26-12-8-5-9-13-26)20-28-31(38)37-32(40-28)33-29(34-37)17-14-23-10-6-4-7-11-23/h4-17,19-21H,3,18H2,1-2H3/b17-14+,28-20-. The highest BCUT2D eigenvalue weighted by Crippen LogP contribution is 2.29. The molecule has 0 unspecified atom stereocenters. The zero-order chi connectivity index (χ0) is 27.5. The summed E-state index contributed by atoms with van der Waals surface area (Å²) in [5, 5.41) is 9.35. The van der Waals surface area contributed by atoms with Crippen molar-refractivity contribution in [3.63, 3.8) is 0 Å². The van der Waals surface area contributed by atoms with Crippen LogP contribution in [0.1, 0.15) is 35.9 Å². The van der Waals surface area contributed by atoms with Crippen LogP contribution in [-0.4, -0.2) is 31.0 Å². The Morgan fingerprint density at radius 2 is 1.73 bits per heavy atom. The third-order valence-electron chi connectivity index (χ3n) is 6.38. The van der Waals surface area contributed by atoms with E-state index >= 15 is 0 Å². The Bertz CT molecular complexity index is 1920. The van der Waals surface area contributed by atoms with Crippen LogP contribution in [0.25, 0.3) is 40.1 Å². The molecule has 0 aliphatic rings. The number of hydrogen-bond donors (Lipinski definition) is 0. The van der Waals surface area contributed by atoms with Crippen molar-refractivity contribution in [1.82, 2.24) is 24.4 Å². The van der Waals surface area contributed by atoms with Gasteiger partial charge in [-0.15, -0.1) is 5.10 Å². The summed E-state index contributed by atoms with van der Waals surface area (Å²) in [7, 11) is 0. The van der Waals surface area contributed by atoms with Crippen LogP contribution in [0.2, 0.25) is 0 Å². The van der Waals surface area contributed by atoms with Crippen molar-refractivity contribution in [3.05, 3.63) is 122 Å². The first-order chi connectivity index (χ1) is 19.6. The summed E-state index contributed by atoms with van der Waals surface area (Å²) in [6, 6.07) is 25.9. The van der Waals surface area contributed by atoms with E-state index < -0.39 is 0 Å². The lowest BCUT2D eigenvalue weighted by Gasteiger charge is -2.09. The molecule has 0 radical (unpaired) electrons. The summed E-state index contributed by atoms with van der Waals surface area (Å²) in [6.45, 7) is 4.80. The van der Waals surface area contributed by atoms with Crippen LogP contribution in [0.15, 0.2) is 89.9 Å². The molecule has 0 aliphatic heterocycles. The fourth-order valence-electron chi connectivity index (χ4n) is 4.40. The molecule has 6 rings (SSSR count). The lowest BCUT2D eigenvalue weighted by atomic mass is 10.0. The molecule has 0 bridgehead atoms. The molecule has 7 nitrogen and oxygen atoms in total. The summed E-state index contributed by atoms with van der Waals surface area (Å²) in [4.78, 5) is 18.4. The molecule has 0 atom stereocenters. The first kappa shape index (κ1) is 25.5. The summed E-state index contributed by atoms with van der Waals surface area (Å²) >= 11 is 1.32.